The molecule has 5 nitrogen and oxygen atoms in total. The summed E-state index contributed by atoms with van der Waals surface area (Å²) >= 11 is 0. The van der Waals surface area contributed by atoms with Crippen LogP contribution in [0.25, 0.3) is 10.9 Å². The van der Waals surface area contributed by atoms with Gasteiger partial charge in [0, 0.05) is 29.6 Å². The molecule has 0 radical (unpaired) electrons. The van der Waals surface area contributed by atoms with Gasteiger partial charge in [-0.2, -0.15) is 0 Å². The fourth-order valence-corrected chi connectivity index (χ4v) is 9.27. The number of phenolic OH excluding ortho intramolecular Hbond substituents is 1. The van der Waals surface area contributed by atoms with Crippen molar-refractivity contribution in [3.8, 4) is 5.75 Å². The van der Waals surface area contributed by atoms with Crippen LogP contribution in [0.5, 0.6) is 5.75 Å². The third-order valence-corrected chi connectivity index (χ3v) is 10.6. The van der Waals surface area contributed by atoms with Crippen LogP contribution in [-0.4, -0.2) is 46.5 Å². The normalized spacial score (nSPS) is 39.4. The van der Waals surface area contributed by atoms with Crippen molar-refractivity contribution in [1.82, 2.24) is 9.88 Å². The smallest absolute Gasteiger partial charge is 0.164 e. The van der Waals surface area contributed by atoms with Crippen LogP contribution < -0.4 is 0 Å². The molecule has 6 bridgehead atoms. The molecule has 3 saturated heterocycles. The number of aromatic nitrogens is 1. The summed E-state index contributed by atoms with van der Waals surface area (Å²) in [6.07, 6.45) is 13.3. The number of nitrogens with zero attached hydrogens (tertiary/aromatic N) is 2. The topological polar surface area (TPSA) is 62.7 Å². The maximum absolute atomic E-state index is 13.9. The van der Waals surface area contributed by atoms with Gasteiger partial charge in [-0.3, -0.25) is 14.7 Å². The minimum atomic E-state index is -0.219. The molecule has 4 heterocycles. The highest BCUT2D eigenvalue weighted by atomic mass is 16.5. The summed E-state index contributed by atoms with van der Waals surface area (Å²) < 4.78 is 6.76. The summed E-state index contributed by atoms with van der Waals surface area (Å²) in [6.45, 7) is 6.36. The van der Waals surface area contributed by atoms with Gasteiger partial charge in [0.15, 0.2) is 5.78 Å². The second-order valence-corrected chi connectivity index (χ2v) is 12.7. The standard InChI is InChI=1S/C31H38N2O3/c1-2-22-17-33-8-6-23(22)12-28(33)30(25-5-7-32-27-4-3-24(34)13-26(25)27)36-18-29(35)31-14-19-9-20(15-31)11-21(10-19)16-31/h2-5,7,13,19-23,28,30,34H,1,6,8-12,14-18H2/t19?,20?,21?,22?,23?,28?,30-,31?/m0/s1. The molecule has 190 valence electrons. The second kappa shape index (κ2) is 8.66. The Labute approximate surface area is 213 Å². The van der Waals surface area contributed by atoms with Crippen LogP contribution in [0.4, 0.5) is 0 Å². The lowest BCUT2D eigenvalue weighted by Gasteiger charge is -2.56. The average molecular weight is 487 g/mol. The summed E-state index contributed by atoms with van der Waals surface area (Å²) in [6, 6.07) is 7.62. The molecular formula is C31H38N2O3. The van der Waals surface area contributed by atoms with Gasteiger partial charge < -0.3 is 9.84 Å². The van der Waals surface area contributed by atoms with Gasteiger partial charge in [0.2, 0.25) is 0 Å². The Hall–Kier alpha value is -2.24. The van der Waals surface area contributed by atoms with Crippen LogP contribution in [0.1, 0.15) is 63.0 Å². The van der Waals surface area contributed by atoms with Crippen LogP contribution in [0, 0.1) is 35.0 Å². The number of fused-ring (bicyclic) bond motifs is 4. The van der Waals surface area contributed by atoms with Crippen LogP contribution in [0.15, 0.2) is 43.1 Å². The molecule has 7 aliphatic rings. The van der Waals surface area contributed by atoms with E-state index in [-0.39, 0.29) is 29.9 Å². The molecule has 4 aliphatic carbocycles. The number of ether oxygens (including phenoxy) is 1. The zero-order valence-corrected chi connectivity index (χ0v) is 21.1. The number of carbonyl (C=O) groups is 1. The predicted molar refractivity (Wildman–Crippen MR) is 139 cm³/mol. The fourth-order valence-electron chi connectivity index (χ4n) is 9.27. The van der Waals surface area contributed by atoms with Crippen LogP contribution in [-0.2, 0) is 9.53 Å². The van der Waals surface area contributed by atoms with Crippen LogP contribution >= 0.6 is 0 Å². The van der Waals surface area contributed by atoms with Crippen molar-refractivity contribution in [2.75, 3.05) is 19.7 Å². The van der Waals surface area contributed by atoms with Crippen molar-refractivity contribution >= 4 is 16.7 Å². The molecule has 5 heteroatoms. The molecule has 0 amide bonds. The summed E-state index contributed by atoms with van der Waals surface area (Å²) in [4.78, 5) is 21.0. The average Bonchev–Trinajstić information content (AvgIpc) is 2.88. The number of aromatic hydroxyl groups is 1. The molecule has 2 aromatic rings. The van der Waals surface area contributed by atoms with E-state index in [4.69, 9.17) is 4.74 Å². The van der Waals surface area contributed by atoms with Crippen molar-refractivity contribution in [1.29, 1.82) is 0 Å². The molecule has 4 saturated carbocycles. The van der Waals surface area contributed by atoms with Crippen molar-refractivity contribution in [2.45, 2.75) is 63.5 Å². The highest BCUT2D eigenvalue weighted by Crippen LogP contribution is 2.60. The SMILES string of the molecule is C=CC1CN2CCC1CC2[C@@H](OCC(=O)C12CC3CC(CC(C3)C1)C2)c1ccnc2ccc(O)cc12. The Balaban J connectivity index is 1.20. The Morgan fingerprint density at radius 3 is 2.58 bits per heavy atom. The minimum absolute atomic E-state index is 0.141. The Morgan fingerprint density at radius 1 is 1.17 bits per heavy atom. The minimum Gasteiger partial charge on any atom is -0.508 e. The van der Waals surface area contributed by atoms with Crippen molar-refractivity contribution in [3.05, 3.63) is 48.7 Å². The number of hydrogen-bond donors (Lipinski definition) is 1. The molecule has 9 rings (SSSR count). The molecule has 1 aromatic heterocycles. The van der Waals surface area contributed by atoms with Crippen molar-refractivity contribution < 1.29 is 14.6 Å². The quantitative estimate of drug-likeness (QED) is 0.510. The van der Waals surface area contributed by atoms with E-state index in [1.54, 1.807) is 12.1 Å². The number of piperidine rings is 3. The van der Waals surface area contributed by atoms with Gasteiger partial charge in [-0.15, -0.1) is 6.58 Å². The summed E-state index contributed by atoms with van der Waals surface area (Å²) in [5, 5.41) is 11.2. The Bertz CT molecular complexity index is 1160. The first-order chi connectivity index (χ1) is 17.5. The highest BCUT2D eigenvalue weighted by molar-refractivity contribution is 5.87. The maximum Gasteiger partial charge on any atom is 0.164 e. The van der Waals surface area contributed by atoms with E-state index in [1.165, 1.54) is 25.7 Å². The zero-order valence-electron chi connectivity index (χ0n) is 21.1. The lowest BCUT2D eigenvalue weighted by molar-refractivity contribution is -0.154. The van der Waals surface area contributed by atoms with Crippen LogP contribution in [0.3, 0.4) is 0 Å². The molecule has 1 N–H and O–H groups in total. The largest absolute Gasteiger partial charge is 0.508 e. The number of carbonyl (C=O) groups excluding carboxylic acids is 1. The van der Waals surface area contributed by atoms with Gasteiger partial charge in [0.05, 0.1) is 11.6 Å². The van der Waals surface area contributed by atoms with Gasteiger partial charge in [0.25, 0.3) is 0 Å². The molecular weight excluding hydrogens is 448 g/mol. The van der Waals surface area contributed by atoms with Crippen molar-refractivity contribution in [2.24, 2.45) is 35.0 Å². The Morgan fingerprint density at radius 2 is 1.92 bits per heavy atom. The number of benzene rings is 1. The number of Topliss-reactive ketones (excluding diaryl/α,β-unsaturated/α-hetero) is 1. The molecule has 7 fully saturated rings. The Kier molecular flexibility index (Phi) is 5.52. The number of hydrogen-bond acceptors (Lipinski definition) is 5. The second-order valence-electron chi connectivity index (χ2n) is 12.7. The third kappa shape index (κ3) is 3.73. The summed E-state index contributed by atoms with van der Waals surface area (Å²) in [7, 11) is 0. The first-order valence-electron chi connectivity index (χ1n) is 14.1. The number of phenols is 1. The lowest BCUT2D eigenvalue weighted by atomic mass is 9.48. The maximum atomic E-state index is 13.9. The van der Waals surface area contributed by atoms with Gasteiger partial charge in [-0.25, -0.2) is 0 Å². The number of rotatable bonds is 7. The summed E-state index contributed by atoms with van der Waals surface area (Å²) in [5.74, 6) is 3.97. The number of ketones is 1. The molecule has 1 aromatic carbocycles. The highest BCUT2D eigenvalue weighted by Gasteiger charge is 2.54. The molecule has 3 aliphatic heterocycles. The summed E-state index contributed by atoms with van der Waals surface area (Å²) in [5.41, 5.74) is 1.76. The van der Waals surface area contributed by atoms with Gasteiger partial charge in [-0.05, 0) is 117 Å². The van der Waals surface area contributed by atoms with Crippen LogP contribution in [0.2, 0.25) is 0 Å². The fraction of sp³-hybridized carbons (Fsp3) is 0.613. The first kappa shape index (κ1) is 22.9. The van der Waals surface area contributed by atoms with Crippen molar-refractivity contribution in [3.63, 3.8) is 0 Å². The molecule has 4 unspecified atom stereocenters. The van der Waals surface area contributed by atoms with E-state index in [2.05, 4.69) is 22.5 Å². The van der Waals surface area contributed by atoms with Gasteiger partial charge >= 0.3 is 0 Å². The van der Waals surface area contributed by atoms with E-state index in [0.717, 1.165) is 73.0 Å². The predicted octanol–water partition coefficient (Wildman–Crippen LogP) is 5.68. The zero-order chi connectivity index (χ0) is 24.4. The van der Waals surface area contributed by atoms with E-state index in [9.17, 15) is 9.90 Å². The molecule has 0 spiro atoms. The molecule has 5 atom stereocenters. The molecule has 36 heavy (non-hydrogen) atoms. The first-order valence-corrected chi connectivity index (χ1v) is 14.1. The monoisotopic (exact) mass is 486 g/mol. The van der Waals surface area contributed by atoms with Gasteiger partial charge in [0.1, 0.15) is 12.4 Å². The van der Waals surface area contributed by atoms with E-state index >= 15 is 0 Å². The third-order valence-electron chi connectivity index (χ3n) is 10.6. The number of pyridine rings is 1. The van der Waals surface area contributed by atoms with E-state index in [0.29, 0.717) is 17.6 Å². The van der Waals surface area contributed by atoms with E-state index in [1.807, 2.05) is 18.3 Å². The lowest BCUT2D eigenvalue weighted by Crippen LogP contribution is -2.55. The van der Waals surface area contributed by atoms with E-state index < -0.39 is 0 Å². The van der Waals surface area contributed by atoms with Gasteiger partial charge in [-0.1, -0.05) is 6.08 Å².